The molecule has 6 heteroatoms. The number of nitrogens with zero attached hydrogens (tertiary/aromatic N) is 4. The third-order valence-electron chi connectivity index (χ3n) is 5.48. The van der Waals surface area contributed by atoms with E-state index in [1.54, 1.807) is 29.4 Å². The second kappa shape index (κ2) is 8.10. The van der Waals surface area contributed by atoms with Gasteiger partial charge in [-0.1, -0.05) is 0 Å². The van der Waals surface area contributed by atoms with Gasteiger partial charge in [0.1, 0.15) is 0 Å². The Morgan fingerprint density at radius 3 is 2.77 bits per heavy atom. The molecule has 4 heterocycles. The van der Waals surface area contributed by atoms with E-state index in [1.165, 1.54) is 12.8 Å². The highest BCUT2D eigenvalue weighted by atomic mass is 16.5. The maximum atomic E-state index is 12.5. The molecule has 0 N–H and O–H groups in total. The van der Waals surface area contributed by atoms with Crippen LogP contribution < -0.4 is 5.56 Å². The summed E-state index contributed by atoms with van der Waals surface area (Å²) in [6.07, 6.45) is 10.2. The first-order valence-corrected chi connectivity index (χ1v) is 9.59. The molecule has 26 heavy (non-hydrogen) atoms. The largest absolute Gasteiger partial charge is 0.377 e. The van der Waals surface area contributed by atoms with E-state index < -0.39 is 0 Å². The summed E-state index contributed by atoms with van der Waals surface area (Å²) < 4.78 is 7.49. The topological polar surface area (TPSA) is 60.2 Å². The molecule has 0 aliphatic carbocycles. The Balaban J connectivity index is 1.32. The molecule has 0 bridgehead atoms. The summed E-state index contributed by atoms with van der Waals surface area (Å²) >= 11 is 0. The summed E-state index contributed by atoms with van der Waals surface area (Å²) in [4.78, 5) is 23.5. The van der Waals surface area contributed by atoms with E-state index in [4.69, 9.17) is 4.74 Å². The van der Waals surface area contributed by atoms with Crippen molar-refractivity contribution in [3.05, 3.63) is 47.3 Å². The number of likely N-dealkylation sites (tertiary alicyclic amines) is 1. The van der Waals surface area contributed by atoms with Gasteiger partial charge >= 0.3 is 0 Å². The van der Waals surface area contributed by atoms with Gasteiger partial charge in [-0.3, -0.25) is 14.3 Å². The van der Waals surface area contributed by atoms with Gasteiger partial charge in [-0.2, -0.15) is 0 Å². The number of piperidine rings is 1. The Bertz CT molecular complexity index is 763. The van der Waals surface area contributed by atoms with Crippen LogP contribution in [-0.2, 0) is 11.3 Å². The van der Waals surface area contributed by atoms with Crippen LogP contribution in [0.15, 0.2) is 41.7 Å². The summed E-state index contributed by atoms with van der Waals surface area (Å²) in [5.41, 5.74) is 1.57. The van der Waals surface area contributed by atoms with Crippen LogP contribution >= 0.6 is 0 Å². The molecule has 0 radical (unpaired) electrons. The third kappa shape index (κ3) is 4.19. The molecule has 1 unspecified atom stereocenters. The van der Waals surface area contributed by atoms with Crippen molar-refractivity contribution < 1.29 is 4.74 Å². The first-order valence-electron chi connectivity index (χ1n) is 9.59. The predicted molar refractivity (Wildman–Crippen MR) is 99.9 cm³/mol. The van der Waals surface area contributed by atoms with Gasteiger partial charge in [0.2, 0.25) is 0 Å². The smallest absolute Gasteiger partial charge is 0.253 e. The summed E-state index contributed by atoms with van der Waals surface area (Å²) in [5.74, 6) is 0.541. The van der Waals surface area contributed by atoms with Crippen molar-refractivity contribution in [1.29, 1.82) is 0 Å². The molecule has 138 valence electrons. The van der Waals surface area contributed by atoms with Gasteiger partial charge in [0.05, 0.1) is 18.1 Å². The number of aromatic nitrogens is 3. The number of rotatable bonds is 5. The summed E-state index contributed by atoms with van der Waals surface area (Å²) in [5, 5.41) is 0. The number of hydrogen-bond donors (Lipinski definition) is 0. The van der Waals surface area contributed by atoms with Crippen molar-refractivity contribution in [2.75, 3.05) is 26.2 Å². The van der Waals surface area contributed by atoms with Crippen molar-refractivity contribution in [2.24, 2.45) is 5.92 Å². The van der Waals surface area contributed by atoms with E-state index >= 15 is 0 Å². The minimum Gasteiger partial charge on any atom is -0.377 e. The maximum absolute atomic E-state index is 12.5. The highest BCUT2D eigenvalue weighted by molar-refractivity contribution is 5.56. The van der Waals surface area contributed by atoms with E-state index in [2.05, 4.69) is 14.9 Å². The lowest BCUT2D eigenvalue weighted by Crippen LogP contribution is -2.40. The molecule has 2 aliphatic rings. The molecule has 2 fully saturated rings. The molecule has 0 spiro atoms. The summed E-state index contributed by atoms with van der Waals surface area (Å²) in [6, 6.07) is 5.39. The molecule has 6 nitrogen and oxygen atoms in total. The lowest BCUT2D eigenvalue weighted by molar-refractivity contribution is 0.0583. The van der Waals surface area contributed by atoms with E-state index in [0.717, 1.165) is 51.2 Å². The van der Waals surface area contributed by atoms with Gasteiger partial charge in [0.25, 0.3) is 5.56 Å². The maximum Gasteiger partial charge on any atom is 0.253 e. The molecule has 0 saturated carbocycles. The molecule has 4 rings (SSSR count). The van der Waals surface area contributed by atoms with Gasteiger partial charge in [-0.05, 0) is 56.8 Å². The Morgan fingerprint density at radius 2 is 2.08 bits per heavy atom. The highest BCUT2D eigenvalue weighted by Crippen LogP contribution is 2.21. The monoisotopic (exact) mass is 354 g/mol. The molecule has 2 aromatic rings. The first kappa shape index (κ1) is 17.4. The zero-order valence-corrected chi connectivity index (χ0v) is 15.1. The lowest BCUT2D eigenvalue weighted by Gasteiger charge is -2.33. The second-order valence-electron chi connectivity index (χ2n) is 7.39. The standard InChI is InChI=1S/C20H26N4O2/c25-20-11-19(17-3-1-7-21-12-17)22-15-24(20)13-16-5-8-23(9-6-16)14-18-4-2-10-26-18/h1,3,7,11-12,15-16,18H,2,4-6,8-10,13-14H2. The van der Waals surface area contributed by atoms with Crippen LogP contribution in [0.4, 0.5) is 0 Å². The molecule has 0 amide bonds. The van der Waals surface area contributed by atoms with Gasteiger partial charge in [-0.25, -0.2) is 4.98 Å². The quantitative estimate of drug-likeness (QED) is 0.824. The van der Waals surface area contributed by atoms with Crippen LogP contribution in [-0.4, -0.2) is 51.8 Å². The zero-order chi connectivity index (χ0) is 17.8. The number of pyridine rings is 1. The Hall–Kier alpha value is -2.05. The van der Waals surface area contributed by atoms with E-state index in [1.807, 2.05) is 12.1 Å². The SMILES string of the molecule is O=c1cc(-c2cccnc2)ncn1CC1CCN(CC2CCCO2)CC1. The molecular formula is C20H26N4O2. The molecule has 2 aliphatic heterocycles. The van der Waals surface area contributed by atoms with Crippen LogP contribution in [0.1, 0.15) is 25.7 Å². The molecule has 2 saturated heterocycles. The van der Waals surface area contributed by atoms with E-state index in [-0.39, 0.29) is 5.56 Å². The predicted octanol–water partition coefficient (Wildman–Crippen LogP) is 2.20. The van der Waals surface area contributed by atoms with Crippen LogP contribution in [0.5, 0.6) is 0 Å². The van der Waals surface area contributed by atoms with Crippen LogP contribution in [0.3, 0.4) is 0 Å². The van der Waals surface area contributed by atoms with Crippen molar-refractivity contribution in [3.8, 4) is 11.3 Å². The Morgan fingerprint density at radius 1 is 1.19 bits per heavy atom. The molecular weight excluding hydrogens is 328 g/mol. The first-order chi connectivity index (χ1) is 12.8. The number of hydrogen-bond acceptors (Lipinski definition) is 5. The fourth-order valence-electron chi connectivity index (χ4n) is 3.94. The van der Waals surface area contributed by atoms with Crippen LogP contribution in [0.25, 0.3) is 11.3 Å². The minimum absolute atomic E-state index is 0.0145. The Labute approximate surface area is 153 Å². The molecule has 1 atom stereocenters. The molecule has 2 aromatic heterocycles. The summed E-state index contributed by atoms with van der Waals surface area (Å²) in [7, 11) is 0. The van der Waals surface area contributed by atoms with E-state index in [9.17, 15) is 4.79 Å². The van der Waals surface area contributed by atoms with Crippen molar-refractivity contribution >= 4 is 0 Å². The van der Waals surface area contributed by atoms with Crippen molar-refractivity contribution in [2.45, 2.75) is 38.3 Å². The normalized spacial score (nSPS) is 21.9. The van der Waals surface area contributed by atoms with Crippen molar-refractivity contribution in [3.63, 3.8) is 0 Å². The zero-order valence-electron chi connectivity index (χ0n) is 15.1. The summed E-state index contributed by atoms with van der Waals surface area (Å²) in [6.45, 7) is 4.94. The van der Waals surface area contributed by atoms with Crippen LogP contribution in [0.2, 0.25) is 0 Å². The average molecular weight is 354 g/mol. The second-order valence-corrected chi connectivity index (χ2v) is 7.39. The Kier molecular flexibility index (Phi) is 5.41. The fraction of sp³-hybridized carbons (Fsp3) is 0.550. The fourth-order valence-corrected chi connectivity index (χ4v) is 3.94. The van der Waals surface area contributed by atoms with Gasteiger partial charge in [-0.15, -0.1) is 0 Å². The minimum atomic E-state index is 0.0145. The average Bonchev–Trinajstić information content (AvgIpc) is 3.19. The van der Waals surface area contributed by atoms with E-state index in [0.29, 0.717) is 17.7 Å². The number of ether oxygens (including phenoxy) is 1. The van der Waals surface area contributed by atoms with Gasteiger partial charge in [0, 0.05) is 43.7 Å². The van der Waals surface area contributed by atoms with Gasteiger partial charge in [0.15, 0.2) is 0 Å². The molecule has 0 aromatic carbocycles. The third-order valence-corrected chi connectivity index (χ3v) is 5.48. The van der Waals surface area contributed by atoms with Crippen molar-refractivity contribution in [1.82, 2.24) is 19.4 Å². The lowest BCUT2D eigenvalue weighted by atomic mass is 9.96. The van der Waals surface area contributed by atoms with Gasteiger partial charge < -0.3 is 9.64 Å². The highest BCUT2D eigenvalue weighted by Gasteiger charge is 2.24. The van der Waals surface area contributed by atoms with Crippen LogP contribution in [0, 0.1) is 5.92 Å².